The number of thiazole rings is 1. The molecule has 7 heteroatoms. The van der Waals surface area contributed by atoms with Gasteiger partial charge in [0.1, 0.15) is 11.5 Å². The zero-order valence-electron chi connectivity index (χ0n) is 19.2. The minimum absolute atomic E-state index is 0.186. The first-order chi connectivity index (χ1) is 17.2. The molecule has 1 amide bonds. The first kappa shape index (κ1) is 23.5. The summed E-state index contributed by atoms with van der Waals surface area (Å²) in [7, 11) is 0. The SMILES string of the molecule is O=C(Nc1ccccc1-c1ccc(Cl)cc1)c1csc(C2CCN(CC=Cc3ccco3)CC2)n1. The van der Waals surface area contributed by atoms with Crippen molar-refractivity contribution in [3.63, 3.8) is 0 Å². The van der Waals surface area contributed by atoms with Crippen LogP contribution in [0.4, 0.5) is 5.69 Å². The van der Waals surface area contributed by atoms with E-state index in [0.29, 0.717) is 16.6 Å². The normalized spacial score (nSPS) is 15.0. The lowest BCUT2D eigenvalue weighted by molar-refractivity contribution is 0.102. The second kappa shape index (κ2) is 11.0. The van der Waals surface area contributed by atoms with E-state index >= 15 is 0 Å². The molecule has 2 aromatic heterocycles. The number of halogens is 1. The fourth-order valence-electron chi connectivity index (χ4n) is 4.31. The van der Waals surface area contributed by atoms with Crippen molar-refractivity contribution in [3.8, 4) is 11.1 Å². The molecule has 0 spiro atoms. The van der Waals surface area contributed by atoms with Gasteiger partial charge in [-0.15, -0.1) is 11.3 Å². The summed E-state index contributed by atoms with van der Waals surface area (Å²) in [5.41, 5.74) is 3.17. The third-order valence-corrected chi connectivity index (χ3v) is 7.47. The average Bonchev–Trinajstić information content (AvgIpc) is 3.58. The molecule has 4 aromatic rings. The van der Waals surface area contributed by atoms with Gasteiger partial charge in [-0.05, 0) is 67.9 Å². The zero-order chi connectivity index (χ0) is 24.0. The van der Waals surface area contributed by atoms with Crippen LogP contribution < -0.4 is 5.32 Å². The number of amides is 1. The highest BCUT2D eigenvalue weighted by Gasteiger charge is 2.23. The van der Waals surface area contributed by atoms with Gasteiger partial charge in [-0.2, -0.15) is 0 Å². The number of piperidine rings is 1. The van der Waals surface area contributed by atoms with Crippen molar-refractivity contribution in [3.05, 3.63) is 99.9 Å². The first-order valence-electron chi connectivity index (χ1n) is 11.7. The van der Waals surface area contributed by atoms with Gasteiger partial charge in [-0.25, -0.2) is 4.98 Å². The maximum Gasteiger partial charge on any atom is 0.275 e. The maximum atomic E-state index is 13.0. The molecule has 1 fully saturated rings. The highest BCUT2D eigenvalue weighted by molar-refractivity contribution is 7.10. The van der Waals surface area contributed by atoms with Crippen LogP contribution in [-0.2, 0) is 0 Å². The topological polar surface area (TPSA) is 58.4 Å². The first-order valence-corrected chi connectivity index (χ1v) is 13.0. The van der Waals surface area contributed by atoms with Crippen LogP contribution in [0.3, 0.4) is 0 Å². The fraction of sp³-hybridized carbons (Fsp3) is 0.214. The molecular formula is C28H26ClN3O2S. The molecule has 1 aliphatic rings. The summed E-state index contributed by atoms with van der Waals surface area (Å²) >= 11 is 7.62. The van der Waals surface area contributed by atoms with Crippen LogP contribution in [-0.4, -0.2) is 35.4 Å². The summed E-state index contributed by atoms with van der Waals surface area (Å²) in [6.07, 6.45) is 7.94. The van der Waals surface area contributed by atoms with Gasteiger partial charge in [0.05, 0.1) is 11.3 Å². The number of nitrogens with one attached hydrogen (secondary N) is 1. The van der Waals surface area contributed by atoms with Crippen molar-refractivity contribution in [1.29, 1.82) is 0 Å². The van der Waals surface area contributed by atoms with Crippen molar-refractivity contribution < 1.29 is 9.21 Å². The van der Waals surface area contributed by atoms with Crippen LogP contribution in [0.5, 0.6) is 0 Å². The molecule has 35 heavy (non-hydrogen) atoms. The number of para-hydroxylation sites is 1. The van der Waals surface area contributed by atoms with Crippen LogP contribution in [0, 0.1) is 0 Å². The molecule has 5 rings (SSSR count). The predicted octanol–water partition coefficient (Wildman–Crippen LogP) is 7.20. The van der Waals surface area contributed by atoms with Crippen LogP contribution in [0.25, 0.3) is 17.2 Å². The average molecular weight is 504 g/mol. The summed E-state index contributed by atoms with van der Waals surface area (Å²) in [5, 5.41) is 6.65. The Hall–Kier alpha value is -3.19. The Bertz CT molecular complexity index is 1290. The summed E-state index contributed by atoms with van der Waals surface area (Å²) in [5.74, 6) is 1.09. The van der Waals surface area contributed by atoms with Gasteiger partial charge in [0.25, 0.3) is 5.91 Å². The molecule has 3 heterocycles. The molecule has 0 radical (unpaired) electrons. The zero-order valence-corrected chi connectivity index (χ0v) is 20.8. The van der Waals surface area contributed by atoms with E-state index in [1.807, 2.05) is 72.1 Å². The number of aromatic nitrogens is 1. The number of benzene rings is 2. The molecule has 2 aromatic carbocycles. The molecule has 0 atom stereocenters. The molecule has 0 saturated carbocycles. The van der Waals surface area contributed by atoms with E-state index in [0.717, 1.165) is 60.1 Å². The van der Waals surface area contributed by atoms with Crippen LogP contribution in [0.2, 0.25) is 5.02 Å². The van der Waals surface area contributed by atoms with E-state index in [2.05, 4.69) is 16.3 Å². The van der Waals surface area contributed by atoms with Gasteiger partial charge in [0.2, 0.25) is 0 Å². The highest BCUT2D eigenvalue weighted by atomic mass is 35.5. The number of likely N-dealkylation sites (tertiary alicyclic amines) is 1. The Kier molecular flexibility index (Phi) is 7.42. The molecule has 1 aliphatic heterocycles. The van der Waals surface area contributed by atoms with Crippen LogP contribution >= 0.6 is 22.9 Å². The lowest BCUT2D eigenvalue weighted by Crippen LogP contribution is -2.33. The Labute approximate surface area is 214 Å². The third kappa shape index (κ3) is 5.90. The Balaban J connectivity index is 1.18. The largest absolute Gasteiger partial charge is 0.465 e. The van der Waals surface area contributed by atoms with E-state index in [1.54, 1.807) is 17.6 Å². The van der Waals surface area contributed by atoms with Crippen molar-refractivity contribution in [1.82, 2.24) is 9.88 Å². The van der Waals surface area contributed by atoms with Crippen molar-refractivity contribution in [2.24, 2.45) is 0 Å². The monoisotopic (exact) mass is 503 g/mol. The van der Waals surface area contributed by atoms with Crippen molar-refractivity contribution >= 4 is 40.6 Å². The lowest BCUT2D eigenvalue weighted by Gasteiger charge is -2.30. The van der Waals surface area contributed by atoms with Gasteiger partial charge in [-0.1, -0.05) is 48.0 Å². The Morgan fingerprint density at radius 2 is 1.91 bits per heavy atom. The second-order valence-electron chi connectivity index (χ2n) is 8.57. The standard InChI is InChI=1S/C28H26ClN3O2S/c29-22-11-9-20(10-12-22)24-7-1-2-8-25(24)30-27(33)26-19-35-28(31-26)21-13-16-32(17-14-21)15-3-5-23-6-4-18-34-23/h1-12,18-19,21H,13-17H2,(H,30,33). The summed E-state index contributed by atoms with van der Waals surface area (Å²) in [4.78, 5) is 20.1. The number of hydrogen-bond acceptors (Lipinski definition) is 5. The van der Waals surface area contributed by atoms with Crippen LogP contribution in [0.1, 0.15) is 40.0 Å². The quantitative estimate of drug-likeness (QED) is 0.289. The molecule has 0 aliphatic carbocycles. The van der Waals surface area contributed by atoms with E-state index in [4.69, 9.17) is 21.0 Å². The number of anilines is 1. The van der Waals surface area contributed by atoms with E-state index in [1.165, 1.54) is 0 Å². The number of nitrogens with zero attached hydrogens (tertiary/aromatic N) is 2. The fourth-order valence-corrected chi connectivity index (χ4v) is 5.40. The smallest absolute Gasteiger partial charge is 0.275 e. The molecular weight excluding hydrogens is 478 g/mol. The third-order valence-electron chi connectivity index (χ3n) is 6.21. The van der Waals surface area contributed by atoms with E-state index < -0.39 is 0 Å². The number of carbonyl (C=O) groups is 1. The van der Waals surface area contributed by atoms with E-state index in [9.17, 15) is 4.79 Å². The Morgan fingerprint density at radius 3 is 2.69 bits per heavy atom. The summed E-state index contributed by atoms with van der Waals surface area (Å²) in [6.45, 7) is 2.94. The van der Waals surface area contributed by atoms with Crippen molar-refractivity contribution in [2.75, 3.05) is 25.0 Å². The highest BCUT2D eigenvalue weighted by Crippen LogP contribution is 2.32. The lowest BCUT2D eigenvalue weighted by atomic mass is 9.97. The Morgan fingerprint density at radius 1 is 1.11 bits per heavy atom. The molecule has 0 bridgehead atoms. The minimum atomic E-state index is -0.186. The van der Waals surface area contributed by atoms with Gasteiger partial charge >= 0.3 is 0 Å². The number of furan rings is 1. The number of rotatable bonds is 7. The van der Waals surface area contributed by atoms with Gasteiger partial charge in [0.15, 0.2) is 0 Å². The molecule has 1 N–H and O–H groups in total. The minimum Gasteiger partial charge on any atom is -0.465 e. The second-order valence-corrected chi connectivity index (χ2v) is 9.90. The number of carbonyl (C=O) groups excluding carboxylic acids is 1. The van der Waals surface area contributed by atoms with Gasteiger partial charge in [-0.3, -0.25) is 9.69 Å². The van der Waals surface area contributed by atoms with Crippen LogP contribution in [0.15, 0.2) is 82.8 Å². The number of hydrogen-bond donors (Lipinski definition) is 1. The molecule has 178 valence electrons. The predicted molar refractivity (Wildman–Crippen MR) is 143 cm³/mol. The van der Waals surface area contributed by atoms with E-state index in [-0.39, 0.29) is 5.91 Å². The van der Waals surface area contributed by atoms with Crippen molar-refractivity contribution in [2.45, 2.75) is 18.8 Å². The summed E-state index contributed by atoms with van der Waals surface area (Å²) in [6, 6.07) is 19.2. The van der Waals surface area contributed by atoms with Gasteiger partial charge < -0.3 is 9.73 Å². The molecule has 1 saturated heterocycles. The maximum absolute atomic E-state index is 13.0. The molecule has 0 unspecified atom stereocenters. The molecule has 5 nitrogen and oxygen atoms in total. The van der Waals surface area contributed by atoms with Gasteiger partial charge in [0, 0.05) is 34.1 Å². The summed E-state index contributed by atoms with van der Waals surface area (Å²) < 4.78 is 5.34.